The van der Waals surface area contributed by atoms with Crippen molar-refractivity contribution in [2.24, 2.45) is 0 Å². The van der Waals surface area contributed by atoms with Gasteiger partial charge in [0.05, 0.1) is 7.11 Å². The van der Waals surface area contributed by atoms with Crippen molar-refractivity contribution >= 4 is 17.9 Å². The number of hydrogen-bond acceptors (Lipinski definition) is 3. The molecule has 0 aliphatic carbocycles. The van der Waals surface area contributed by atoms with Gasteiger partial charge < -0.3 is 14.3 Å². The summed E-state index contributed by atoms with van der Waals surface area (Å²) < 4.78 is 9.98. The topological polar surface area (TPSA) is 35.5 Å². The Bertz CT molecular complexity index is 325. The monoisotopic (exact) mass is 214 g/mol. The van der Waals surface area contributed by atoms with Crippen molar-refractivity contribution in [1.82, 2.24) is 0 Å². The maximum absolute atomic E-state index is 10.6. The molecule has 0 fully saturated rings. The molecule has 0 saturated heterocycles. The molecule has 0 N–H and O–H groups in total. The first-order chi connectivity index (χ1) is 6.71. The van der Waals surface area contributed by atoms with E-state index in [1.54, 1.807) is 18.2 Å². The van der Waals surface area contributed by atoms with Gasteiger partial charge in [0, 0.05) is 12.1 Å². The zero-order valence-corrected chi connectivity index (χ0v) is 8.75. The summed E-state index contributed by atoms with van der Waals surface area (Å²) in [6.07, 6.45) is 0.119. The molecule has 1 atom stereocenters. The second-order valence-electron chi connectivity index (χ2n) is 2.72. The number of carbonyl (C=O) groups excluding carboxylic acids is 1. The van der Waals surface area contributed by atoms with Gasteiger partial charge in [0.25, 0.3) is 0 Å². The largest absolute Gasteiger partial charge is 0.497 e. The number of hydrogen-bond donors (Lipinski definition) is 0. The van der Waals surface area contributed by atoms with Gasteiger partial charge in [-0.3, -0.25) is 0 Å². The average molecular weight is 215 g/mol. The molecule has 1 aromatic rings. The van der Waals surface area contributed by atoms with Gasteiger partial charge in [0.2, 0.25) is 0 Å². The Morgan fingerprint density at radius 3 is 2.57 bits per heavy atom. The molecule has 0 spiro atoms. The number of carbonyl (C=O) groups is 1. The minimum Gasteiger partial charge on any atom is -0.497 e. The van der Waals surface area contributed by atoms with Crippen LogP contribution in [0.1, 0.15) is 11.7 Å². The summed E-state index contributed by atoms with van der Waals surface area (Å²) in [6.45, 7) is 0. The predicted molar refractivity (Wildman–Crippen MR) is 53.8 cm³/mol. The van der Waals surface area contributed by atoms with Gasteiger partial charge in [-0.2, -0.15) is 0 Å². The first-order valence-electron chi connectivity index (χ1n) is 4.04. The molecule has 1 aromatic carbocycles. The molecule has 0 saturated carbocycles. The fraction of sp³-hybridized carbons (Fsp3) is 0.300. The quantitative estimate of drug-likeness (QED) is 0.721. The molecular weight excluding hydrogens is 204 g/mol. The molecule has 0 aromatic heterocycles. The van der Waals surface area contributed by atoms with Gasteiger partial charge >= 0.3 is 0 Å². The number of benzene rings is 1. The van der Waals surface area contributed by atoms with Crippen molar-refractivity contribution in [3.8, 4) is 5.75 Å². The average Bonchev–Trinajstić information content (AvgIpc) is 2.19. The Labute approximate surface area is 87.6 Å². The molecule has 0 aliphatic rings. The maximum atomic E-state index is 10.6. The Hall–Kier alpha value is -1.06. The SMILES string of the molecule is COc1cc(Cl)cc(C(C=O)OC)c1. The van der Waals surface area contributed by atoms with E-state index in [9.17, 15) is 4.79 Å². The molecule has 0 bridgehead atoms. The van der Waals surface area contributed by atoms with Crippen LogP contribution >= 0.6 is 11.6 Å². The molecule has 3 nitrogen and oxygen atoms in total. The highest BCUT2D eigenvalue weighted by Crippen LogP contribution is 2.25. The third kappa shape index (κ3) is 2.47. The number of rotatable bonds is 4. The highest BCUT2D eigenvalue weighted by molar-refractivity contribution is 6.30. The smallest absolute Gasteiger partial charge is 0.153 e. The van der Waals surface area contributed by atoms with Crippen LogP contribution in [0, 0.1) is 0 Å². The van der Waals surface area contributed by atoms with Crippen LogP contribution in [-0.2, 0) is 9.53 Å². The van der Waals surface area contributed by atoms with Crippen LogP contribution < -0.4 is 4.74 Å². The van der Waals surface area contributed by atoms with Crippen molar-refractivity contribution in [2.45, 2.75) is 6.10 Å². The minimum atomic E-state index is -0.595. The molecular formula is C10H11ClO3. The second kappa shape index (κ2) is 4.98. The van der Waals surface area contributed by atoms with Crippen molar-refractivity contribution in [2.75, 3.05) is 14.2 Å². The van der Waals surface area contributed by atoms with Crippen LogP contribution in [-0.4, -0.2) is 20.5 Å². The Balaban J connectivity index is 3.07. The van der Waals surface area contributed by atoms with Crippen LogP contribution in [0.3, 0.4) is 0 Å². The van der Waals surface area contributed by atoms with Gasteiger partial charge in [-0.25, -0.2) is 0 Å². The standard InChI is InChI=1S/C10H11ClO3/c1-13-9-4-7(3-8(11)5-9)10(6-12)14-2/h3-6,10H,1-2H3. The molecule has 0 aliphatic heterocycles. The normalized spacial score (nSPS) is 12.2. The van der Waals surface area contributed by atoms with Crippen molar-refractivity contribution in [1.29, 1.82) is 0 Å². The Morgan fingerprint density at radius 2 is 2.07 bits per heavy atom. The molecule has 1 rings (SSSR count). The second-order valence-corrected chi connectivity index (χ2v) is 3.15. The third-order valence-electron chi connectivity index (χ3n) is 1.84. The first kappa shape index (κ1) is 11.0. The summed E-state index contributed by atoms with van der Waals surface area (Å²) in [5.41, 5.74) is 0.687. The molecule has 1 unspecified atom stereocenters. The molecule has 0 heterocycles. The summed E-state index contributed by atoms with van der Waals surface area (Å²) in [5.74, 6) is 0.608. The predicted octanol–water partition coefficient (Wildman–Crippen LogP) is 2.24. The third-order valence-corrected chi connectivity index (χ3v) is 2.05. The number of halogens is 1. The van der Waals surface area contributed by atoms with Crippen LogP contribution in [0.25, 0.3) is 0 Å². The molecule has 0 radical (unpaired) electrons. The van der Waals surface area contributed by atoms with E-state index in [4.69, 9.17) is 21.1 Å². The van der Waals surface area contributed by atoms with Crippen molar-refractivity contribution in [3.63, 3.8) is 0 Å². The van der Waals surface area contributed by atoms with Crippen molar-refractivity contribution < 1.29 is 14.3 Å². The number of aldehydes is 1. The van der Waals surface area contributed by atoms with E-state index in [1.165, 1.54) is 14.2 Å². The lowest BCUT2D eigenvalue weighted by Gasteiger charge is -2.10. The van der Waals surface area contributed by atoms with Crippen LogP contribution in [0.2, 0.25) is 5.02 Å². The fourth-order valence-electron chi connectivity index (χ4n) is 1.14. The molecule has 14 heavy (non-hydrogen) atoms. The van der Waals surface area contributed by atoms with E-state index in [2.05, 4.69) is 0 Å². The summed E-state index contributed by atoms with van der Waals surface area (Å²) in [7, 11) is 3.00. The van der Waals surface area contributed by atoms with Crippen LogP contribution in [0.4, 0.5) is 0 Å². The van der Waals surface area contributed by atoms with Crippen LogP contribution in [0.15, 0.2) is 18.2 Å². The maximum Gasteiger partial charge on any atom is 0.153 e. The summed E-state index contributed by atoms with van der Waals surface area (Å²) in [5, 5.41) is 0.517. The highest BCUT2D eigenvalue weighted by atomic mass is 35.5. The number of ether oxygens (including phenoxy) is 2. The van der Waals surface area contributed by atoms with Gasteiger partial charge in [-0.15, -0.1) is 0 Å². The summed E-state index contributed by atoms with van der Waals surface area (Å²) in [4.78, 5) is 10.6. The zero-order valence-electron chi connectivity index (χ0n) is 7.99. The van der Waals surface area contributed by atoms with Gasteiger partial charge in [0.1, 0.15) is 11.9 Å². The first-order valence-corrected chi connectivity index (χ1v) is 4.41. The van der Waals surface area contributed by atoms with E-state index < -0.39 is 6.10 Å². The summed E-state index contributed by atoms with van der Waals surface area (Å²) >= 11 is 5.84. The highest BCUT2D eigenvalue weighted by Gasteiger charge is 2.10. The lowest BCUT2D eigenvalue weighted by Crippen LogP contribution is -2.02. The lowest BCUT2D eigenvalue weighted by atomic mass is 10.1. The fourth-order valence-corrected chi connectivity index (χ4v) is 1.37. The van der Waals surface area contributed by atoms with E-state index in [-0.39, 0.29) is 0 Å². The Morgan fingerprint density at radius 1 is 1.36 bits per heavy atom. The lowest BCUT2D eigenvalue weighted by molar-refractivity contribution is -0.116. The van der Waals surface area contributed by atoms with E-state index in [1.807, 2.05) is 0 Å². The molecule has 4 heteroatoms. The minimum absolute atomic E-state index is 0.517. The van der Waals surface area contributed by atoms with Gasteiger partial charge in [-0.05, 0) is 23.8 Å². The van der Waals surface area contributed by atoms with Gasteiger partial charge in [0.15, 0.2) is 6.29 Å². The van der Waals surface area contributed by atoms with E-state index in [0.717, 1.165) is 0 Å². The molecule has 0 amide bonds. The Kier molecular flexibility index (Phi) is 3.92. The summed E-state index contributed by atoms with van der Waals surface area (Å²) in [6, 6.07) is 5.06. The van der Waals surface area contributed by atoms with E-state index >= 15 is 0 Å². The number of methoxy groups -OCH3 is 2. The van der Waals surface area contributed by atoms with Gasteiger partial charge in [-0.1, -0.05) is 11.6 Å². The van der Waals surface area contributed by atoms with E-state index in [0.29, 0.717) is 22.6 Å². The van der Waals surface area contributed by atoms with Crippen molar-refractivity contribution in [3.05, 3.63) is 28.8 Å². The zero-order chi connectivity index (χ0) is 10.6. The van der Waals surface area contributed by atoms with Crippen LogP contribution in [0.5, 0.6) is 5.75 Å². The molecule has 76 valence electrons.